The van der Waals surface area contributed by atoms with Crippen molar-refractivity contribution in [3.8, 4) is 22.3 Å². The van der Waals surface area contributed by atoms with Crippen LogP contribution in [-0.2, 0) is 5.41 Å². The van der Waals surface area contributed by atoms with Crippen molar-refractivity contribution in [1.29, 1.82) is 0 Å². The maximum Gasteiger partial charge on any atom is 0.143 e. The zero-order valence-corrected chi connectivity index (χ0v) is 27.4. The second-order valence-electron chi connectivity index (χ2n) is 13.8. The molecule has 0 unspecified atom stereocenters. The Morgan fingerprint density at radius 3 is 1.96 bits per heavy atom. The molecule has 0 fully saturated rings. The number of anilines is 3. The van der Waals surface area contributed by atoms with Crippen LogP contribution in [0.2, 0.25) is 0 Å². The van der Waals surface area contributed by atoms with E-state index in [2.05, 4.69) is 183 Å². The van der Waals surface area contributed by atoms with Gasteiger partial charge in [-0.1, -0.05) is 123 Å². The number of nitrogens with zero attached hydrogens (tertiary/aromatic N) is 1. The highest BCUT2D eigenvalue weighted by atomic mass is 16.3. The van der Waals surface area contributed by atoms with E-state index in [4.69, 9.17) is 4.42 Å². The van der Waals surface area contributed by atoms with Crippen LogP contribution in [0.3, 0.4) is 0 Å². The summed E-state index contributed by atoms with van der Waals surface area (Å²) < 4.78 is 6.51. The number of fused-ring (bicyclic) bond motifs is 9. The highest BCUT2D eigenvalue weighted by Gasteiger charge is 2.35. The van der Waals surface area contributed by atoms with Crippen molar-refractivity contribution in [3.63, 3.8) is 0 Å². The lowest BCUT2D eigenvalue weighted by Crippen LogP contribution is -2.15. The van der Waals surface area contributed by atoms with Crippen LogP contribution in [0.1, 0.15) is 25.0 Å². The standard InChI is InChI=1S/C47H33NO/c1-47(2)43-14-8-7-13-39(43)41-28-36(22-25-44(41)47)48(35-20-17-31(18-21-35)34-16-15-30-9-3-4-11-33(30)27-34)37-23-26-45-42(29-37)40-24-19-32-10-5-6-12-38(32)46(40)49-45/h3-29H,1-2H3. The largest absolute Gasteiger partial charge is 0.455 e. The van der Waals surface area contributed by atoms with E-state index in [-0.39, 0.29) is 5.41 Å². The Morgan fingerprint density at radius 2 is 1.08 bits per heavy atom. The minimum Gasteiger partial charge on any atom is -0.455 e. The first kappa shape index (κ1) is 27.9. The van der Waals surface area contributed by atoms with E-state index in [1.807, 2.05) is 0 Å². The fourth-order valence-corrected chi connectivity index (χ4v) is 8.10. The van der Waals surface area contributed by atoms with Crippen molar-refractivity contribution in [2.75, 3.05) is 4.90 Å². The molecular weight excluding hydrogens is 595 g/mol. The summed E-state index contributed by atoms with van der Waals surface area (Å²) in [5.74, 6) is 0. The fraction of sp³-hybridized carbons (Fsp3) is 0.0638. The Kier molecular flexibility index (Phi) is 5.95. The van der Waals surface area contributed by atoms with Gasteiger partial charge in [-0.05, 0) is 104 Å². The molecule has 1 heterocycles. The van der Waals surface area contributed by atoms with E-state index in [0.29, 0.717) is 0 Å². The number of rotatable bonds is 4. The maximum absolute atomic E-state index is 6.51. The molecule has 1 aliphatic rings. The molecule has 49 heavy (non-hydrogen) atoms. The predicted molar refractivity (Wildman–Crippen MR) is 206 cm³/mol. The number of hydrogen-bond acceptors (Lipinski definition) is 2. The lowest BCUT2D eigenvalue weighted by atomic mass is 9.82. The Balaban J connectivity index is 1.15. The van der Waals surface area contributed by atoms with Gasteiger partial charge in [0.2, 0.25) is 0 Å². The van der Waals surface area contributed by atoms with Crippen LogP contribution in [0.25, 0.3) is 65.7 Å². The minimum atomic E-state index is -0.0474. The van der Waals surface area contributed by atoms with E-state index < -0.39 is 0 Å². The van der Waals surface area contributed by atoms with E-state index >= 15 is 0 Å². The molecule has 0 saturated carbocycles. The van der Waals surface area contributed by atoms with Crippen molar-refractivity contribution < 1.29 is 4.42 Å². The normalized spacial score (nSPS) is 13.3. The summed E-state index contributed by atoms with van der Waals surface area (Å²) in [6, 6.07) is 59.6. The van der Waals surface area contributed by atoms with E-state index in [9.17, 15) is 0 Å². The molecule has 2 heteroatoms. The Labute approximate surface area is 285 Å². The maximum atomic E-state index is 6.51. The summed E-state index contributed by atoms with van der Waals surface area (Å²) in [5, 5.41) is 7.07. The Hall–Kier alpha value is -6.12. The molecule has 0 saturated heterocycles. The highest BCUT2D eigenvalue weighted by Crippen LogP contribution is 2.51. The predicted octanol–water partition coefficient (Wildman–Crippen LogP) is 13.3. The van der Waals surface area contributed by atoms with Gasteiger partial charge in [-0.25, -0.2) is 0 Å². The SMILES string of the molecule is CC1(C)c2ccccc2-c2cc(N(c3ccc(-c4ccc5ccccc5c4)cc3)c3ccc4oc5c6ccccc6ccc5c4c3)ccc21. The van der Waals surface area contributed by atoms with Crippen molar-refractivity contribution in [2.45, 2.75) is 19.3 Å². The van der Waals surface area contributed by atoms with Gasteiger partial charge >= 0.3 is 0 Å². The van der Waals surface area contributed by atoms with Crippen LogP contribution in [0.4, 0.5) is 17.1 Å². The molecule has 0 spiro atoms. The molecule has 10 rings (SSSR count). The molecule has 9 aromatic rings. The van der Waals surface area contributed by atoms with Gasteiger partial charge in [0.05, 0.1) is 0 Å². The van der Waals surface area contributed by atoms with Gasteiger partial charge in [-0.15, -0.1) is 0 Å². The number of furan rings is 1. The third-order valence-corrected chi connectivity index (χ3v) is 10.6. The minimum absolute atomic E-state index is 0.0474. The van der Waals surface area contributed by atoms with Gasteiger partial charge in [0, 0.05) is 38.6 Å². The summed E-state index contributed by atoms with van der Waals surface area (Å²) in [5.41, 5.74) is 12.9. The molecule has 0 amide bonds. The van der Waals surface area contributed by atoms with Crippen LogP contribution in [0.15, 0.2) is 168 Å². The van der Waals surface area contributed by atoms with Gasteiger partial charge in [-0.2, -0.15) is 0 Å². The summed E-state index contributed by atoms with van der Waals surface area (Å²) in [7, 11) is 0. The first-order valence-electron chi connectivity index (χ1n) is 17.0. The topological polar surface area (TPSA) is 16.4 Å². The van der Waals surface area contributed by atoms with E-state index in [0.717, 1.165) is 44.4 Å². The summed E-state index contributed by atoms with van der Waals surface area (Å²) in [6.07, 6.45) is 0. The molecule has 1 aromatic heterocycles. The summed E-state index contributed by atoms with van der Waals surface area (Å²) in [6.45, 7) is 4.67. The van der Waals surface area contributed by atoms with Crippen molar-refractivity contribution in [3.05, 3.63) is 175 Å². The molecular formula is C47H33NO. The molecule has 1 aliphatic carbocycles. The average molecular weight is 628 g/mol. The molecule has 0 bridgehead atoms. The lowest BCUT2D eigenvalue weighted by molar-refractivity contribution is 0.660. The van der Waals surface area contributed by atoms with Crippen LogP contribution in [0.5, 0.6) is 0 Å². The van der Waals surface area contributed by atoms with Crippen LogP contribution in [0, 0.1) is 0 Å². The summed E-state index contributed by atoms with van der Waals surface area (Å²) >= 11 is 0. The third-order valence-electron chi connectivity index (χ3n) is 10.6. The quantitative estimate of drug-likeness (QED) is 0.193. The molecule has 2 nitrogen and oxygen atoms in total. The Morgan fingerprint density at radius 1 is 0.429 bits per heavy atom. The number of hydrogen-bond donors (Lipinski definition) is 0. The number of benzene rings is 8. The smallest absolute Gasteiger partial charge is 0.143 e. The Bertz CT molecular complexity index is 2750. The fourth-order valence-electron chi connectivity index (χ4n) is 8.10. The second-order valence-corrected chi connectivity index (χ2v) is 13.8. The second kappa shape index (κ2) is 10.4. The summed E-state index contributed by atoms with van der Waals surface area (Å²) in [4.78, 5) is 2.39. The third kappa shape index (κ3) is 4.27. The van der Waals surface area contributed by atoms with Gasteiger partial charge in [-0.3, -0.25) is 0 Å². The van der Waals surface area contributed by atoms with Gasteiger partial charge in [0.1, 0.15) is 11.2 Å². The lowest BCUT2D eigenvalue weighted by Gasteiger charge is -2.27. The molecule has 0 radical (unpaired) electrons. The van der Waals surface area contributed by atoms with Crippen molar-refractivity contribution in [2.24, 2.45) is 0 Å². The first-order valence-corrected chi connectivity index (χ1v) is 17.0. The monoisotopic (exact) mass is 627 g/mol. The van der Waals surface area contributed by atoms with Gasteiger partial charge in [0.15, 0.2) is 0 Å². The molecule has 232 valence electrons. The first-order chi connectivity index (χ1) is 24.0. The van der Waals surface area contributed by atoms with Gasteiger partial charge < -0.3 is 9.32 Å². The van der Waals surface area contributed by atoms with E-state index in [1.165, 1.54) is 49.5 Å². The zero-order valence-electron chi connectivity index (χ0n) is 27.4. The highest BCUT2D eigenvalue weighted by molar-refractivity contribution is 6.15. The van der Waals surface area contributed by atoms with Crippen molar-refractivity contribution in [1.82, 2.24) is 0 Å². The van der Waals surface area contributed by atoms with Crippen LogP contribution in [-0.4, -0.2) is 0 Å². The molecule has 0 aliphatic heterocycles. The van der Waals surface area contributed by atoms with Gasteiger partial charge in [0.25, 0.3) is 0 Å². The van der Waals surface area contributed by atoms with Crippen LogP contribution >= 0.6 is 0 Å². The zero-order chi connectivity index (χ0) is 32.7. The molecule has 0 atom stereocenters. The van der Waals surface area contributed by atoms with Crippen LogP contribution < -0.4 is 4.90 Å². The molecule has 8 aromatic carbocycles. The van der Waals surface area contributed by atoms with E-state index in [1.54, 1.807) is 0 Å². The molecule has 0 N–H and O–H groups in total. The van der Waals surface area contributed by atoms with Crippen molar-refractivity contribution >= 4 is 60.5 Å². The average Bonchev–Trinajstić information content (AvgIpc) is 3.64.